The Kier molecular flexibility index (Phi) is 2.97. The highest BCUT2D eigenvalue weighted by Gasteiger charge is 2.46. The van der Waals surface area contributed by atoms with E-state index in [1.54, 1.807) is 13.0 Å². The molecule has 0 spiro atoms. The molecule has 0 aliphatic heterocycles. The summed E-state index contributed by atoms with van der Waals surface area (Å²) in [5.41, 5.74) is -0.707. The van der Waals surface area contributed by atoms with Crippen molar-refractivity contribution >= 4 is 22.8 Å². The lowest BCUT2D eigenvalue weighted by Crippen LogP contribution is -2.59. The maximum Gasteiger partial charge on any atom is 0.329 e. The Morgan fingerprint density at radius 2 is 2.10 bits per heavy atom. The van der Waals surface area contributed by atoms with Gasteiger partial charge < -0.3 is 14.8 Å². The second-order valence-electron chi connectivity index (χ2n) is 5.37. The number of hydrogen-bond acceptors (Lipinski definition) is 3. The number of carbonyl (C=O) groups excluding carboxylic acids is 1. The van der Waals surface area contributed by atoms with Crippen molar-refractivity contribution in [1.29, 1.82) is 0 Å². The number of halogens is 1. The standard InChI is InChI=1S/C15H14FNO4/c1-8-9-4-2-5-10(16)12(9)21-11(8)13(18)17-15(14(19)20)6-3-7-15/h2,4-5H,3,6-7H2,1H3,(H,17,18)(H,19,20). The minimum absolute atomic E-state index is 0.0122. The molecule has 1 amide bonds. The first-order valence-electron chi connectivity index (χ1n) is 6.68. The highest BCUT2D eigenvalue weighted by molar-refractivity contribution is 6.01. The van der Waals surface area contributed by atoms with Crippen LogP contribution in [0.4, 0.5) is 4.39 Å². The summed E-state index contributed by atoms with van der Waals surface area (Å²) < 4.78 is 19.0. The van der Waals surface area contributed by atoms with Gasteiger partial charge in [-0.1, -0.05) is 12.1 Å². The van der Waals surface area contributed by atoms with Crippen LogP contribution in [-0.2, 0) is 4.79 Å². The topological polar surface area (TPSA) is 79.5 Å². The molecule has 1 heterocycles. The molecule has 2 N–H and O–H groups in total. The maximum atomic E-state index is 13.7. The van der Waals surface area contributed by atoms with E-state index in [-0.39, 0.29) is 11.3 Å². The molecule has 2 aromatic rings. The molecule has 0 bridgehead atoms. The number of nitrogens with one attached hydrogen (secondary N) is 1. The van der Waals surface area contributed by atoms with Gasteiger partial charge in [0.15, 0.2) is 17.2 Å². The van der Waals surface area contributed by atoms with Crippen LogP contribution in [0.1, 0.15) is 35.4 Å². The van der Waals surface area contributed by atoms with E-state index < -0.39 is 23.2 Å². The fraction of sp³-hybridized carbons (Fsp3) is 0.333. The van der Waals surface area contributed by atoms with Crippen LogP contribution in [0.15, 0.2) is 22.6 Å². The van der Waals surface area contributed by atoms with E-state index in [1.807, 2.05) is 0 Å². The highest BCUT2D eigenvalue weighted by Crippen LogP contribution is 2.33. The van der Waals surface area contributed by atoms with Crippen molar-refractivity contribution < 1.29 is 23.5 Å². The van der Waals surface area contributed by atoms with E-state index >= 15 is 0 Å². The number of carboxylic acid groups (broad SMARTS) is 1. The molecular formula is C15H14FNO4. The third-order valence-electron chi connectivity index (χ3n) is 4.09. The molecule has 0 radical (unpaired) electrons. The summed E-state index contributed by atoms with van der Waals surface area (Å²) in [7, 11) is 0. The number of aliphatic carboxylic acids is 1. The van der Waals surface area contributed by atoms with Crippen LogP contribution >= 0.6 is 0 Å². The molecule has 0 atom stereocenters. The highest BCUT2D eigenvalue weighted by atomic mass is 19.1. The van der Waals surface area contributed by atoms with Gasteiger partial charge in [-0.05, 0) is 32.3 Å². The number of aryl methyl sites for hydroxylation is 1. The average Bonchev–Trinajstić information content (AvgIpc) is 2.73. The summed E-state index contributed by atoms with van der Waals surface area (Å²) in [4.78, 5) is 23.5. The summed E-state index contributed by atoms with van der Waals surface area (Å²) >= 11 is 0. The predicted molar refractivity (Wildman–Crippen MR) is 72.6 cm³/mol. The van der Waals surface area contributed by atoms with Gasteiger partial charge in [0.2, 0.25) is 0 Å². The van der Waals surface area contributed by atoms with Crippen molar-refractivity contribution in [1.82, 2.24) is 5.32 Å². The Morgan fingerprint density at radius 3 is 2.62 bits per heavy atom. The summed E-state index contributed by atoms with van der Waals surface area (Å²) in [5.74, 6) is -2.26. The molecule has 0 saturated heterocycles. The molecular weight excluding hydrogens is 277 g/mol. The van der Waals surface area contributed by atoms with Crippen LogP contribution in [0.5, 0.6) is 0 Å². The number of benzene rings is 1. The van der Waals surface area contributed by atoms with Crippen molar-refractivity contribution in [2.75, 3.05) is 0 Å². The fourth-order valence-electron chi connectivity index (χ4n) is 2.62. The van der Waals surface area contributed by atoms with E-state index in [9.17, 15) is 19.1 Å². The summed E-state index contributed by atoms with van der Waals surface area (Å²) in [6.07, 6.45) is 1.53. The van der Waals surface area contributed by atoms with Gasteiger partial charge in [0.25, 0.3) is 5.91 Å². The molecule has 5 nitrogen and oxygen atoms in total. The van der Waals surface area contributed by atoms with Crippen molar-refractivity contribution in [2.24, 2.45) is 0 Å². The minimum atomic E-state index is -1.22. The van der Waals surface area contributed by atoms with Crippen molar-refractivity contribution in [3.8, 4) is 0 Å². The van der Waals surface area contributed by atoms with Crippen LogP contribution in [0.3, 0.4) is 0 Å². The van der Waals surface area contributed by atoms with Gasteiger partial charge >= 0.3 is 5.97 Å². The number of carbonyl (C=O) groups is 2. The van der Waals surface area contributed by atoms with Crippen molar-refractivity contribution in [2.45, 2.75) is 31.7 Å². The Hall–Kier alpha value is -2.37. The van der Waals surface area contributed by atoms with E-state index in [1.165, 1.54) is 12.1 Å². The second kappa shape index (κ2) is 4.58. The lowest BCUT2D eigenvalue weighted by Gasteiger charge is -2.37. The van der Waals surface area contributed by atoms with Gasteiger partial charge in [-0.2, -0.15) is 0 Å². The van der Waals surface area contributed by atoms with Gasteiger partial charge in [0, 0.05) is 10.9 Å². The molecule has 1 saturated carbocycles. The average molecular weight is 291 g/mol. The maximum absolute atomic E-state index is 13.7. The van der Waals surface area contributed by atoms with Gasteiger partial charge in [-0.3, -0.25) is 4.79 Å². The monoisotopic (exact) mass is 291 g/mol. The lowest BCUT2D eigenvalue weighted by atomic mass is 9.76. The van der Waals surface area contributed by atoms with E-state index in [0.717, 1.165) is 6.42 Å². The number of carboxylic acids is 1. The zero-order valence-electron chi connectivity index (χ0n) is 11.4. The molecule has 0 unspecified atom stereocenters. The molecule has 6 heteroatoms. The number of rotatable bonds is 3. The van der Waals surface area contributed by atoms with Crippen LogP contribution in [-0.4, -0.2) is 22.5 Å². The molecule has 110 valence electrons. The minimum Gasteiger partial charge on any atom is -0.480 e. The van der Waals surface area contributed by atoms with Crippen LogP contribution in [0.25, 0.3) is 11.0 Å². The second-order valence-corrected chi connectivity index (χ2v) is 5.37. The van der Waals surface area contributed by atoms with Crippen LogP contribution < -0.4 is 5.32 Å². The molecule has 21 heavy (non-hydrogen) atoms. The molecule has 1 fully saturated rings. The fourth-order valence-corrected chi connectivity index (χ4v) is 2.62. The zero-order chi connectivity index (χ0) is 15.2. The van der Waals surface area contributed by atoms with E-state index in [0.29, 0.717) is 23.8 Å². The van der Waals surface area contributed by atoms with Gasteiger partial charge in [-0.15, -0.1) is 0 Å². The third kappa shape index (κ3) is 1.98. The van der Waals surface area contributed by atoms with Gasteiger partial charge in [0.1, 0.15) is 5.54 Å². The Balaban J connectivity index is 1.97. The SMILES string of the molecule is Cc1c(C(=O)NC2(C(=O)O)CCC2)oc2c(F)cccc12. The smallest absolute Gasteiger partial charge is 0.329 e. The zero-order valence-corrected chi connectivity index (χ0v) is 11.4. The Bertz CT molecular complexity index is 745. The lowest BCUT2D eigenvalue weighted by molar-refractivity contribution is -0.148. The summed E-state index contributed by atoms with van der Waals surface area (Å²) in [6, 6.07) is 4.44. The largest absolute Gasteiger partial charge is 0.480 e. The van der Waals surface area contributed by atoms with Gasteiger partial charge in [-0.25, -0.2) is 9.18 Å². The van der Waals surface area contributed by atoms with Crippen LogP contribution in [0, 0.1) is 12.7 Å². The Morgan fingerprint density at radius 1 is 1.38 bits per heavy atom. The number of fused-ring (bicyclic) bond motifs is 1. The van der Waals surface area contributed by atoms with Crippen molar-refractivity contribution in [3.05, 3.63) is 35.3 Å². The summed E-state index contributed by atoms with van der Waals surface area (Å²) in [6.45, 7) is 1.65. The first kappa shape index (κ1) is 13.6. The van der Waals surface area contributed by atoms with Gasteiger partial charge in [0.05, 0.1) is 0 Å². The van der Waals surface area contributed by atoms with E-state index in [2.05, 4.69) is 5.32 Å². The molecule has 1 aromatic heterocycles. The molecule has 1 aromatic carbocycles. The van der Waals surface area contributed by atoms with E-state index in [4.69, 9.17) is 4.42 Å². The molecule has 1 aliphatic rings. The third-order valence-corrected chi connectivity index (χ3v) is 4.09. The number of para-hydroxylation sites is 1. The summed E-state index contributed by atoms with van der Waals surface area (Å²) in [5, 5.41) is 12.3. The number of hydrogen-bond donors (Lipinski definition) is 2. The normalized spacial score (nSPS) is 16.5. The Labute approximate surface area is 119 Å². The van der Waals surface area contributed by atoms with Crippen LogP contribution in [0.2, 0.25) is 0 Å². The first-order valence-corrected chi connectivity index (χ1v) is 6.68. The number of furan rings is 1. The first-order chi connectivity index (χ1) is 9.94. The van der Waals surface area contributed by atoms with Crippen molar-refractivity contribution in [3.63, 3.8) is 0 Å². The quantitative estimate of drug-likeness (QED) is 0.911. The predicted octanol–water partition coefficient (Wildman–Crippen LogP) is 2.62. The number of amides is 1. The molecule has 3 rings (SSSR count). The molecule has 1 aliphatic carbocycles.